The summed E-state index contributed by atoms with van der Waals surface area (Å²) in [6.45, 7) is 7.32. The molecular weight excluding hydrogens is 460 g/mol. The molecule has 2 aromatic heterocycles. The number of pyridine rings is 2. The minimum atomic E-state index is -0.0687. The molecule has 2 aliphatic rings. The number of hydrogen-bond acceptors (Lipinski definition) is 0. The molecule has 2 aliphatic heterocycles. The van der Waals surface area contributed by atoms with E-state index in [0.717, 1.165) is 12.8 Å². The van der Waals surface area contributed by atoms with Crippen LogP contribution in [0.2, 0.25) is 0 Å². The van der Waals surface area contributed by atoms with Gasteiger partial charge in [-0.2, -0.15) is 9.13 Å². The second kappa shape index (κ2) is 8.49. The van der Waals surface area contributed by atoms with Gasteiger partial charge >= 0.3 is 0 Å². The summed E-state index contributed by atoms with van der Waals surface area (Å²) in [5, 5.41) is 0. The highest BCUT2D eigenvalue weighted by molar-refractivity contribution is 5.74. The quantitative estimate of drug-likeness (QED) is 0.227. The molecule has 0 N–H and O–H groups in total. The molecule has 0 radical (unpaired) electrons. The minimum Gasteiger partial charge on any atom is -0.193 e. The smallest absolute Gasteiger partial charge is 0.193 e. The van der Waals surface area contributed by atoms with E-state index in [-0.39, 0.29) is 11.0 Å². The summed E-state index contributed by atoms with van der Waals surface area (Å²) in [4.78, 5) is 0. The zero-order valence-electron chi connectivity index (χ0n) is 22.4. The molecule has 2 heteroatoms. The molecule has 4 heterocycles. The fourth-order valence-corrected chi connectivity index (χ4v) is 7.08. The van der Waals surface area contributed by atoms with Gasteiger partial charge in [0.05, 0.1) is 16.5 Å². The van der Waals surface area contributed by atoms with Crippen LogP contribution in [-0.4, -0.2) is 0 Å². The van der Waals surface area contributed by atoms with Crippen LogP contribution in [0, 0.1) is 0 Å². The Morgan fingerprint density at radius 3 is 2.18 bits per heavy atom. The molecule has 186 valence electrons. The standard InChI is InChI=1S/C36H34N2/c1-35(2)36(3,31-16-8-7-15-29(31)34-18-10-12-24-38(34)35)22-21-33-28-20-19-27(26-13-5-4-6-14-26)25-30(28)32-17-9-11-23-37(32)33/h4-20,23-25,33H,21-22H2,1-3H3/q+2. The summed E-state index contributed by atoms with van der Waals surface area (Å²) in [7, 11) is 0. The van der Waals surface area contributed by atoms with Gasteiger partial charge in [-0.1, -0.05) is 60.7 Å². The normalized spacial score (nSPS) is 20.2. The first-order valence-corrected chi connectivity index (χ1v) is 13.8. The van der Waals surface area contributed by atoms with Crippen molar-refractivity contribution in [3.63, 3.8) is 0 Å². The summed E-state index contributed by atoms with van der Waals surface area (Å²) in [5.74, 6) is 0. The predicted molar refractivity (Wildman–Crippen MR) is 154 cm³/mol. The average Bonchev–Trinajstić information content (AvgIpc) is 3.28. The first-order chi connectivity index (χ1) is 18.5. The van der Waals surface area contributed by atoms with Gasteiger partial charge in [0.2, 0.25) is 11.4 Å². The van der Waals surface area contributed by atoms with Crippen LogP contribution in [0.3, 0.4) is 0 Å². The van der Waals surface area contributed by atoms with Crippen LogP contribution in [0.25, 0.3) is 33.6 Å². The van der Waals surface area contributed by atoms with Crippen LogP contribution in [-0.2, 0) is 11.0 Å². The Bertz CT molecular complexity index is 1670. The van der Waals surface area contributed by atoms with Crippen molar-refractivity contribution in [2.24, 2.45) is 0 Å². The summed E-state index contributed by atoms with van der Waals surface area (Å²) in [6.07, 6.45) is 6.71. The van der Waals surface area contributed by atoms with Gasteiger partial charge in [0, 0.05) is 50.1 Å². The highest BCUT2D eigenvalue weighted by Gasteiger charge is 2.55. The minimum absolute atomic E-state index is 0.0230. The lowest BCUT2D eigenvalue weighted by Gasteiger charge is -2.45. The average molecular weight is 495 g/mol. The van der Waals surface area contributed by atoms with E-state index in [1.807, 2.05) is 0 Å². The molecule has 0 spiro atoms. The van der Waals surface area contributed by atoms with E-state index in [4.69, 9.17) is 0 Å². The Kier molecular flexibility index (Phi) is 5.16. The lowest BCUT2D eigenvalue weighted by atomic mass is 9.61. The van der Waals surface area contributed by atoms with Crippen LogP contribution in [0.1, 0.15) is 50.8 Å². The molecule has 0 amide bonds. The van der Waals surface area contributed by atoms with Crippen molar-refractivity contribution in [2.75, 3.05) is 0 Å². The lowest BCUT2D eigenvalue weighted by molar-refractivity contribution is -0.761. The summed E-state index contributed by atoms with van der Waals surface area (Å²) in [6, 6.07) is 40.4. The third-order valence-corrected chi connectivity index (χ3v) is 9.55. The van der Waals surface area contributed by atoms with Crippen molar-refractivity contribution in [1.82, 2.24) is 0 Å². The fourth-order valence-electron chi connectivity index (χ4n) is 7.08. The van der Waals surface area contributed by atoms with Crippen molar-refractivity contribution in [3.8, 4) is 33.6 Å². The van der Waals surface area contributed by atoms with E-state index in [0.29, 0.717) is 6.04 Å². The molecule has 5 aromatic rings. The van der Waals surface area contributed by atoms with E-state index in [1.54, 1.807) is 0 Å². The zero-order valence-corrected chi connectivity index (χ0v) is 22.4. The van der Waals surface area contributed by atoms with Crippen LogP contribution >= 0.6 is 0 Å². The van der Waals surface area contributed by atoms with Gasteiger partial charge in [-0.3, -0.25) is 0 Å². The van der Waals surface area contributed by atoms with Crippen LogP contribution < -0.4 is 9.13 Å². The molecule has 38 heavy (non-hydrogen) atoms. The van der Waals surface area contributed by atoms with Gasteiger partial charge in [0.1, 0.15) is 0 Å². The highest BCUT2D eigenvalue weighted by Crippen LogP contribution is 2.50. The van der Waals surface area contributed by atoms with Gasteiger partial charge < -0.3 is 0 Å². The monoisotopic (exact) mass is 494 g/mol. The third-order valence-electron chi connectivity index (χ3n) is 9.55. The molecule has 0 saturated carbocycles. The Labute approximate surface area is 225 Å². The lowest BCUT2D eigenvalue weighted by Crippen LogP contribution is -2.66. The second-order valence-corrected chi connectivity index (χ2v) is 11.6. The van der Waals surface area contributed by atoms with E-state index in [1.165, 1.54) is 44.8 Å². The highest BCUT2D eigenvalue weighted by atomic mass is 15.1. The van der Waals surface area contributed by atoms with Gasteiger partial charge in [-0.25, -0.2) is 0 Å². The van der Waals surface area contributed by atoms with Crippen molar-refractivity contribution in [1.29, 1.82) is 0 Å². The maximum atomic E-state index is 2.51. The van der Waals surface area contributed by atoms with Gasteiger partial charge in [0.25, 0.3) is 0 Å². The molecule has 2 atom stereocenters. The van der Waals surface area contributed by atoms with Gasteiger partial charge in [-0.05, 0) is 54.3 Å². The van der Waals surface area contributed by atoms with Crippen molar-refractivity contribution < 1.29 is 9.13 Å². The third kappa shape index (κ3) is 3.26. The summed E-state index contributed by atoms with van der Waals surface area (Å²) < 4.78 is 5.01. The number of nitrogens with zero attached hydrogens (tertiary/aromatic N) is 2. The van der Waals surface area contributed by atoms with Crippen molar-refractivity contribution >= 4 is 0 Å². The predicted octanol–water partition coefficient (Wildman–Crippen LogP) is 7.65. The zero-order chi connectivity index (χ0) is 25.9. The maximum Gasteiger partial charge on any atom is 0.213 e. The van der Waals surface area contributed by atoms with Crippen LogP contribution in [0.4, 0.5) is 0 Å². The fraction of sp³-hybridized carbons (Fsp3) is 0.222. The summed E-state index contributed by atoms with van der Waals surface area (Å²) >= 11 is 0. The number of rotatable bonds is 4. The molecule has 0 bridgehead atoms. The SMILES string of the molecule is CC1(CCC2c3ccc(-c4ccccc4)cc3-c3cccc[n+]32)c2ccccc2-c2cccc[n+]2C1(C)C. The Hall–Kier alpha value is -4.04. The van der Waals surface area contributed by atoms with Gasteiger partial charge in [-0.15, -0.1) is 0 Å². The molecular formula is C36H34N2+2. The number of benzene rings is 3. The molecule has 3 aromatic carbocycles. The van der Waals surface area contributed by atoms with Crippen LogP contribution in [0.5, 0.6) is 0 Å². The maximum absolute atomic E-state index is 2.51. The van der Waals surface area contributed by atoms with E-state index < -0.39 is 0 Å². The van der Waals surface area contributed by atoms with Gasteiger partial charge in [0.15, 0.2) is 24.0 Å². The van der Waals surface area contributed by atoms with Crippen molar-refractivity contribution in [3.05, 3.63) is 133 Å². The number of fused-ring (bicyclic) bond motifs is 6. The Morgan fingerprint density at radius 1 is 0.632 bits per heavy atom. The molecule has 0 fully saturated rings. The van der Waals surface area contributed by atoms with E-state index in [2.05, 4.69) is 151 Å². The number of aromatic nitrogens is 2. The van der Waals surface area contributed by atoms with E-state index in [9.17, 15) is 0 Å². The van der Waals surface area contributed by atoms with Crippen LogP contribution in [0.15, 0.2) is 122 Å². The molecule has 2 nitrogen and oxygen atoms in total. The summed E-state index contributed by atoms with van der Waals surface area (Å²) in [5.41, 5.74) is 10.7. The molecule has 7 rings (SSSR count). The van der Waals surface area contributed by atoms with Crippen molar-refractivity contribution in [2.45, 2.75) is 50.6 Å². The Morgan fingerprint density at radius 2 is 1.34 bits per heavy atom. The molecule has 2 unspecified atom stereocenters. The van der Waals surface area contributed by atoms with E-state index >= 15 is 0 Å². The Balaban J connectivity index is 1.30. The first-order valence-electron chi connectivity index (χ1n) is 13.8. The topological polar surface area (TPSA) is 7.76 Å². The molecule has 0 saturated heterocycles. The first kappa shape index (κ1) is 23.1. The second-order valence-electron chi connectivity index (χ2n) is 11.6. The molecule has 0 aliphatic carbocycles. The number of hydrogen-bond donors (Lipinski definition) is 0. The largest absolute Gasteiger partial charge is 0.213 e.